The average Bonchev–Trinajstić information content (AvgIpc) is 2.89. The van der Waals surface area contributed by atoms with Gasteiger partial charge in [0.1, 0.15) is 5.82 Å². The van der Waals surface area contributed by atoms with Crippen LogP contribution in [0.15, 0.2) is 53.3 Å². The van der Waals surface area contributed by atoms with Crippen LogP contribution < -0.4 is 10.9 Å². The molecule has 1 aromatic heterocycles. The molecule has 2 heterocycles. The molecule has 0 radical (unpaired) electrons. The van der Waals surface area contributed by atoms with Gasteiger partial charge < -0.3 is 15.0 Å². The number of amides is 2. The van der Waals surface area contributed by atoms with E-state index in [1.54, 1.807) is 35.9 Å². The maximum absolute atomic E-state index is 13.4. The first-order chi connectivity index (χ1) is 17.5. The highest BCUT2D eigenvalue weighted by Crippen LogP contribution is 2.27. The summed E-state index contributed by atoms with van der Waals surface area (Å²) in [6, 6.07) is 16.1. The Balaban J connectivity index is 1.55. The van der Waals surface area contributed by atoms with E-state index in [0.29, 0.717) is 54.9 Å². The molecule has 2 amide bonds. The Morgan fingerprint density at radius 1 is 1.25 bits per heavy atom. The summed E-state index contributed by atoms with van der Waals surface area (Å²) in [5.74, 6) is 0.733. The number of anilines is 1. The lowest BCUT2D eigenvalue weighted by Gasteiger charge is -2.43. The summed E-state index contributed by atoms with van der Waals surface area (Å²) in [5, 5.41) is 12.6. The third-order valence-corrected chi connectivity index (χ3v) is 6.70. The number of hydrogen-bond acceptors (Lipinski definition) is 6. The molecule has 1 N–H and O–H groups in total. The topological polar surface area (TPSA) is 103 Å². The maximum Gasteiger partial charge on any atom is 0.322 e. The van der Waals surface area contributed by atoms with Crippen molar-refractivity contribution in [3.63, 3.8) is 0 Å². The summed E-state index contributed by atoms with van der Waals surface area (Å²) < 4.78 is 7.02. The highest BCUT2D eigenvalue weighted by atomic mass is 16.5. The lowest BCUT2D eigenvalue weighted by Crippen LogP contribution is -2.56. The molecule has 188 valence electrons. The number of rotatable bonds is 7. The van der Waals surface area contributed by atoms with Crippen LogP contribution in [0, 0.1) is 11.3 Å². The standard InChI is InChI=1S/C27H32N6O3/c1-4-24(25-30-23-11-6-5-10-22(23)26(34)33(25)14-15-36-3)31-12-13-32(19(2)18-31)27(35)29-21-9-7-8-20(16-21)17-28/h5-11,16,19,24H,4,12-15,18H2,1-3H3,(H,29,35). The Labute approximate surface area is 210 Å². The lowest BCUT2D eigenvalue weighted by molar-refractivity contribution is 0.0709. The van der Waals surface area contributed by atoms with Crippen molar-refractivity contribution in [2.24, 2.45) is 0 Å². The molecular formula is C27H32N6O3. The molecular weight excluding hydrogens is 456 g/mol. The average molecular weight is 489 g/mol. The number of benzene rings is 2. The second-order valence-corrected chi connectivity index (χ2v) is 9.02. The smallest absolute Gasteiger partial charge is 0.322 e. The van der Waals surface area contributed by atoms with Crippen molar-refractivity contribution in [2.75, 3.05) is 38.7 Å². The summed E-state index contributed by atoms with van der Waals surface area (Å²) in [6.45, 7) is 6.81. The summed E-state index contributed by atoms with van der Waals surface area (Å²) >= 11 is 0. The van der Waals surface area contributed by atoms with Gasteiger partial charge in [-0.1, -0.05) is 25.1 Å². The van der Waals surface area contributed by atoms with Gasteiger partial charge in [-0.2, -0.15) is 5.26 Å². The van der Waals surface area contributed by atoms with Crippen molar-refractivity contribution in [3.05, 3.63) is 70.3 Å². The monoisotopic (exact) mass is 488 g/mol. The molecule has 1 aliphatic rings. The number of urea groups is 1. The molecule has 4 rings (SSSR count). The molecule has 2 aromatic carbocycles. The minimum Gasteiger partial charge on any atom is -0.383 e. The first kappa shape index (κ1) is 25.4. The largest absolute Gasteiger partial charge is 0.383 e. The fourth-order valence-electron chi connectivity index (χ4n) is 4.87. The number of piperazine rings is 1. The van der Waals surface area contributed by atoms with E-state index in [1.807, 2.05) is 36.1 Å². The molecule has 9 heteroatoms. The van der Waals surface area contributed by atoms with Crippen molar-refractivity contribution in [2.45, 2.75) is 38.9 Å². The molecule has 0 saturated carbocycles. The molecule has 1 fully saturated rings. The van der Waals surface area contributed by atoms with Crippen LogP contribution in [0.3, 0.4) is 0 Å². The van der Waals surface area contributed by atoms with E-state index in [4.69, 9.17) is 15.0 Å². The Bertz CT molecular complexity index is 1330. The highest BCUT2D eigenvalue weighted by molar-refractivity contribution is 5.89. The number of hydrogen-bond donors (Lipinski definition) is 1. The van der Waals surface area contributed by atoms with Gasteiger partial charge in [0.2, 0.25) is 0 Å². The summed E-state index contributed by atoms with van der Waals surface area (Å²) in [7, 11) is 1.62. The molecule has 1 saturated heterocycles. The van der Waals surface area contributed by atoms with Gasteiger partial charge in [0.15, 0.2) is 0 Å². The van der Waals surface area contributed by atoms with Gasteiger partial charge in [-0.05, 0) is 43.7 Å². The predicted molar refractivity (Wildman–Crippen MR) is 139 cm³/mol. The number of methoxy groups -OCH3 is 1. The number of fused-ring (bicyclic) bond motifs is 1. The normalized spacial score (nSPS) is 17.1. The zero-order valence-corrected chi connectivity index (χ0v) is 21.0. The molecule has 36 heavy (non-hydrogen) atoms. The fraction of sp³-hybridized carbons (Fsp3) is 0.407. The summed E-state index contributed by atoms with van der Waals surface area (Å²) in [6.07, 6.45) is 0.775. The van der Waals surface area contributed by atoms with E-state index in [9.17, 15) is 9.59 Å². The second-order valence-electron chi connectivity index (χ2n) is 9.02. The second kappa shape index (κ2) is 11.3. The zero-order chi connectivity index (χ0) is 25.7. The van der Waals surface area contributed by atoms with Crippen LogP contribution in [0.5, 0.6) is 0 Å². The Morgan fingerprint density at radius 3 is 2.78 bits per heavy atom. The van der Waals surface area contributed by atoms with Gasteiger partial charge in [-0.3, -0.25) is 14.3 Å². The van der Waals surface area contributed by atoms with Crippen LogP contribution in [0.2, 0.25) is 0 Å². The molecule has 1 aliphatic heterocycles. The van der Waals surface area contributed by atoms with Crippen LogP contribution in [0.25, 0.3) is 10.9 Å². The van der Waals surface area contributed by atoms with Crippen molar-refractivity contribution in [1.82, 2.24) is 19.4 Å². The molecule has 9 nitrogen and oxygen atoms in total. The van der Waals surface area contributed by atoms with E-state index >= 15 is 0 Å². The third kappa shape index (κ3) is 5.25. The van der Waals surface area contributed by atoms with Crippen LogP contribution in [0.4, 0.5) is 10.5 Å². The van der Waals surface area contributed by atoms with Crippen LogP contribution >= 0.6 is 0 Å². The lowest BCUT2D eigenvalue weighted by atomic mass is 10.1. The summed E-state index contributed by atoms with van der Waals surface area (Å²) in [5.41, 5.74) is 1.73. The number of nitrogens with zero attached hydrogens (tertiary/aromatic N) is 5. The number of nitrogens with one attached hydrogen (secondary N) is 1. The Hall–Kier alpha value is -3.74. The molecule has 0 spiro atoms. The van der Waals surface area contributed by atoms with Crippen molar-refractivity contribution in [3.8, 4) is 6.07 Å². The number of carbonyl (C=O) groups is 1. The van der Waals surface area contributed by atoms with Crippen molar-refractivity contribution < 1.29 is 9.53 Å². The van der Waals surface area contributed by atoms with Gasteiger partial charge in [0.25, 0.3) is 5.56 Å². The van der Waals surface area contributed by atoms with E-state index in [1.165, 1.54) is 0 Å². The summed E-state index contributed by atoms with van der Waals surface area (Å²) in [4.78, 5) is 35.4. The number of ether oxygens (including phenoxy) is 1. The molecule has 3 aromatic rings. The van der Waals surface area contributed by atoms with E-state index in [-0.39, 0.29) is 23.7 Å². The van der Waals surface area contributed by atoms with Gasteiger partial charge in [0, 0.05) is 38.5 Å². The first-order valence-corrected chi connectivity index (χ1v) is 12.3. The minimum atomic E-state index is -0.189. The van der Waals surface area contributed by atoms with Crippen LogP contribution in [0.1, 0.15) is 37.7 Å². The molecule has 2 unspecified atom stereocenters. The maximum atomic E-state index is 13.4. The van der Waals surface area contributed by atoms with Gasteiger partial charge in [-0.25, -0.2) is 9.78 Å². The highest BCUT2D eigenvalue weighted by Gasteiger charge is 2.33. The van der Waals surface area contributed by atoms with E-state index in [2.05, 4.69) is 23.2 Å². The Morgan fingerprint density at radius 2 is 2.06 bits per heavy atom. The molecule has 0 aliphatic carbocycles. The number of aromatic nitrogens is 2. The van der Waals surface area contributed by atoms with Gasteiger partial charge >= 0.3 is 6.03 Å². The van der Waals surface area contributed by atoms with E-state index < -0.39 is 0 Å². The predicted octanol–water partition coefficient (Wildman–Crippen LogP) is 3.60. The number of carbonyl (C=O) groups excluding carboxylic acids is 1. The van der Waals surface area contributed by atoms with Crippen molar-refractivity contribution in [1.29, 1.82) is 5.26 Å². The fourth-order valence-corrected chi connectivity index (χ4v) is 4.87. The zero-order valence-electron chi connectivity index (χ0n) is 21.0. The molecule has 0 bridgehead atoms. The van der Waals surface area contributed by atoms with E-state index in [0.717, 1.165) is 12.2 Å². The van der Waals surface area contributed by atoms with Gasteiger partial charge in [0.05, 0.1) is 41.7 Å². The third-order valence-electron chi connectivity index (χ3n) is 6.70. The Kier molecular flexibility index (Phi) is 7.98. The quantitative estimate of drug-likeness (QED) is 0.545. The van der Waals surface area contributed by atoms with Crippen LogP contribution in [-0.4, -0.2) is 64.8 Å². The van der Waals surface area contributed by atoms with Gasteiger partial charge in [-0.15, -0.1) is 0 Å². The first-order valence-electron chi connectivity index (χ1n) is 12.3. The van der Waals surface area contributed by atoms with Crippen LogP contribution in [-0.2, 0) is 11.3 Å². The van der Waals surface area contributed by atoms with Crippen molar-refractivity contribution >= 4 is 22.6 Å². The number of para-hydroxylation sites is 1. The number of nitriles is 1. The minimum absolute atomic E-state index is 0.0495. The molecule has 2 atom stereocenters. The SMILES string of the molecule is CCC(c1nc2ccccc2c(=O)n1CCOC)N1CCN(C(=O)Nc2cccc(C#N)c2)C(C)C1.